The van der Waals surface area contributed by atoms with Crippen molar-refractivity contribution in [1.82, 2.24) is 15.1 Å². The highest BCUT2D eigenvalue weighted by Gasteiger charge is 2.19. The zero-order chi connectivity index (χ0) is 15.4. The molecule has 21 heavy (non-hydrogen) atoms. The Bertz CT molecular complexity index is 610. The molecule has 0 radical (unpaired) electrons. The number of aromatic nitrogens is 2. The molecular formula is C16H21BrFN3. The molecule has 1 heterocycles. The van der Waals surface area contributed by atoms with E-state index in [1.54, 1.807) is 6.07 Å². The van der Waals surface area contributed by atoms with Crippen LogP contribution >= 0.6 is 15.9 Å². The fourth-order valence-corrected chi connectivity index (χ4v) is 2.99. The molecule has 1 atom stereocenters. The highest BCUT2D eigenvalue weighted by molar-refractivity contribution is 9.10. The number of nitrogens with zero attached hydrogens (tertiary/aromatic N) is 2. The molecule has 5 heteroatoms. The average Bonchev–Trinajstić information content (AvgIpc) is 2.83. The largest absolute Gasteiger partial charge is 0.310 e. The summed E-state index contributed by atoms with van der Waals surface area (Å²) in [6, 6.07) is 5.15. The van der Waals surface area contributed by atoms with E-state index in [0.29, 0.717) is 12.0 Å². The van der Waals surface area contributed by atoms with Crippen molar-refractivity contribution in [1.29, 1.82) is 0 Å². The van der Waals surface area contributed by atoms with Gasteiger partial charge in [-0.3, -0.25) is 4.68 Å². The molecule has 0 fully saturated rings. The van der Waals surface area contributed by atoms with Gasteiger partial charge in [0.15, 0.2) is 0 Å². The maximum Gasteiger partial charge on any atom is 0.126 e. The minimum atomic E-state index is -0.164. The number of aryl methyl sites for hydroxylation is 2. The molecule has 0 bridgehead atoms. The zero-order valence-corrected chi connectivity index (χ0v) is 14.2. The fourth-order valence-electron chi connectivity index (χ4n) is 2.58. The molecule has 2 aromatic rings. The van der Waals surface area contributed by atoms with E-state index in [1.165, 1.54) is 6.07 Å². The van der Waals surface area contributed by atoms with Crippen LogP contribution in [0.2, 0.25) is 0 Å². The van der Waals surface area contributed by atoms with Crippen molar-refractivity contribution < 1.29 is 4.39 Å². The lowest BCUT2D eigenvalue weighted by molar-refractivity contribution is 0.524. The van der Waals surface area contributed by atoms with Crippen molar-refractivity contribution in [3.63, 3.8) is 0 Å². The highest BCUT2D eigenvalue weighted by Crippen LogP contribution is 2.25. The summed E-state index contributed by atoms with van der Waals surface area (Å²) >= 11 is 3.41. The number of benzene rings is 1. The van der Waals surface area contributed by atoms with Gasteiger partial charge in [0, 0.05) is 29.3 Å². The molecule has 0 saturated heterocycles. The van der Waals surface area contributed by atoms with Gasteiger partial charge in [-0.05, 0) is 43.1 Å². The maximum atomic E-state index is 14.0. The summed E-state index contributed by atoms with van der Waals surface area (Å²) in [5, 5.41) is 7.93. The Labute approximate surface area is 133 Å². The Balaban J connectivity index is 2.32. The molecule has 2 rings (SSSR count). The summed E-state index contributed by atoms with van der Waals surface area (Å²) in [5.74, 6) is -0.164. The number of nitrogens with one attached hydrogen (secondary N) is 1. The molecular weight excluding hydrogens is 333 g/mol. The Morgan fingerprint density at radius 3 is 2.81 bits per heavy atom. The van der Waals surface area contributed by atoms with E-state index >= 15 is 0 Å². The summed E-state index contributed by atoms with van der Waals surface area (Å²) in [7, 11) is 1.92. The lowest BCUT2D eigenvalue weighted by Crippen LogP contribution is -2.24. The molecule has 1 N–H and O–H groups in total. The summed E-state index contributed by atoms with van der Waals surface area (Å²) in [6.45, 7) is 4.99. The first-order chi connectivity index (χ1) is 10.0. The monoisotopic (exact) mass is 353 g/mol. The second kappa shape index (κ2) is 7.18. The van der Waals surface area contributed by atoms with Crippen LogP contribution in [0.1, 0.15) is 36.7 Å². The van der Waals surface area contributed by atoms with Crippen molar-refractivity contribution in [2.45, 2.75) is 32.7 Å². The smallest absolute Gasteiger partial charge is 0.126 e. The van der Waals surface area contributed by atoms with Crippen LogP contribution in [0.15, 0.2) is 28.9 Å². The van der Waals surface area contributed by atoms with Crippen LogP contribution in [0.3, 0.4) is 0 Å². The molecule has 0 saturated carbocycles. The van der Waals surface area contributed by atoms with Crippen molar-refractivity contribution in [3.8, 4) is 0 Å². The van der Waals surface area contributed by atoms with Crippen molar-refractivity contribution in [2.24, 2.45) is 7.05 Å². The lowest BCUT2D eigenvalue weighted by atomic mass is 9.98. The van der Waals surface area contributed by atoms with E-state index < -0.39 is 0 Å². The predicted octanol–water partition coefficient (Wildman–Crippen LogP) is 3.78. The van der Waals surface area contributed by atoms with Gasteiger partial charge in [-0.25, -0.2) is 4.39 Å². The predicted molar refractivity (Wildman–Crippen MR) is 86.8 cm³/mol. The van der Waals surface area contributed by atoms with Crippen LogP contribution in [-0.4, -0.2) is 16.3 Å². The van der Waals surface area contributed by atoms with Crippen LogP contribution in [0.4, 0.5) is 4.39 Å². The second-order valence-corrected chi connectivity index (χ2v) is 6.02. The minimum Gasteiger partial charge on any atom is -0.310 e. The molecule has 0 spiro atoms. The molecule has 0 aliphatic rings. The van der Waals surface area contributed by atoms with Gasteiger partial charge in [0.05, 0.1) is 5.69 Å². The quantitative estimate of drug-likeness (QED) is 0.856. The molecule has 114 valence electrons. The normalized spacial score (nSPS) is 12.6. The summed E-state index contributed by atoms with van der Waals surface area (Å²) in [4.78, 5) is 0. The Morgan fingerprint density at radius 1 is 1.38 bits per heavy atom. The topological polar surface area (TPSA) is 29.9 Å². The zero-order valence-electron chi connectivity index (χ0n) is 12.7. The Morgan fingerprint density at radius 2 is 2.14 bits per heavy atom. The number of hydrogen-bond donors (Lipinski definition) is 1. The van der Waals surface area contributed by atoms with Gasteiger partial charge in [-0.2, -0.15) is 5.10 Å². The number of likely N-dealkylation sites (N-methyl/N-ethyl adjacent to an activating group) is 1. The van der Waals surface area contributed by atoms with E-state index in [2.05, 4.69) is 40.2 Å². The molecule has 1 aromatic heterocycles. The van der Waals surface area contributed by atoms with Gasteiger partial charge in [0.1, 0.15) is 5.82 Å². The number of rotatable bonds is 6. The third kappa shape index (κ3) is 3.92. The van der Waals surface area contributed by atoms with Gasteiger partial charge in [0.2, 0.25) is 0 Å². The summed E-state index contributed by atoms with van der Waals surface area (Å²) < 4.78 is 16.7. The molecule has 3 nitrogen and oxygen atoms in total. The highest BCUT2D eigenvalue weighted by atomic mass is 79.9. The van der Waals surface area contributed by atoms with Crippen LogP contribution in [0, 0.1) is 5.82 Å². The van der Waals surface area contributed by atoms with Crippen LogP contribution in [0.25, 0.3) is 0 Å². The van der Waals surface area contributed by atoms with Gasteiger partial charge in [-0.15, -0.1) is 0 Å². The molecule has 0 aliphatic carbocycles. The number of hydrogen-bond acceptors (Lipinski definition) is 2. The lowest BCUT2D eigenvalue weighted by Gasteiger charge is -2.18. The molecule has 0 aliphatic heterocycles. The van der Waals surface area contributed by atoms with Crippen molar-refractivity contribution >= 4 is 15.9 Å². The van der Waals surface area contributed by atoms with E-state index in [0.717, 1.165) is 28.7 Å². The molecule has 0 amide bonds. The average molecular weight is 354 g/mol. The van der Waals surface area contributed by atoms with Crippen LogP contribution in [0.5, 0.6) is 0 Å². The number of halogens is 2. The van der Waals surface area contributed by atoms with Crippen molar-refractivity contribution in [2.75, 3.05) is 6.54 Å². The third-order valence-electron chi connectivity index (χ3n) is 3.53. The second-order valence-electron chi connectivity index (χ2n) is 5.11. The van der Waals surface area contributed by atoms with E-state index in [9.17, 15) is 4.39 Å². The Hall–Kier alpha value is -1.20. The van der Waals surface area contributed by atoms with E-state index in [-0.39, 0.29) is 11.9 Å². The van der Waals surface area contributed by atoms with Gasteiger partial charge >= 0.3 is 0 Å². The first-order valence-corrected chi connectivity index (χ1v) is 8.04. The summed E-state index contributed by atoms with van der Waals surface area (Å²) in [6.07, 6.45) is 3.51. The van der Waals surface area contributed by atoms with Gasteiger partial charge < -0.3 is 5.32 Å². The fraction of sp³-hybridized carbons (Fsp3) is 0.438. The minimum absolute atomic E-state index is 0.0717. The first kappa shape index (κ1) is 16.2. The van der Waals surface area contributed by atoms with E-state index in [4.69, 9.17) is 0 Å². The first-order valence-electron chi connectivity index (χ1n) is 7.24. The van der Waals surface area contributed by atoms with Crippen LogP contribution in [-0.2, 0) is 19.9 Å². The third-order valence-corrected chi connectivity index (χ3v) is 4.02. The Kier molecular flexibility index (Phi) is 5.53. The van der Waals surface area contributed by atoms with Gasteiger partial charge in [0.25, 0.3) is 0 Å². The summed E-state index contributed by atoms with van der Waals surface area (Å²) in [5.41, 5.74) is 2.93. The van der Waals surface area contributed by atoms with E-state index in [1.807, 2.05) is 24.0 Å². The standard InChI is InChI=1S/C16H21BrFN3/c1-4-15-13(10-21(3)20-15)16(19-5-2)9-11-8-12(17)6-7-14(11)18/h6-8,10,16,19H,4-5,9H2,1-3H3. The van der Waals surface area contributed by atoms with Crippen LogP contribution < -0.4 is 5.32 Å². The molecule has 1 unspecified atom stereocenters. The molecule has 1 aromatic carbocycles. The maximum absolute atomic E-state index is 14.0. The van der Waals surface area contributed by atoms with Gasteiger partial charge in [-0.1, -0.05) is 29.8 Å². The SMILES string of the molecule is CCNC(Cc1cc(Br)ccc1F)c1cn(C)nc1CC. The van der Waals surface area contributed by atoms with Crippen molar-refractivity contribution in [3.05, 3.63) is 51.5 Å².